The van der Waals surface area contributed by atoms with Crippen LogP contribution >= 0.6 is 0 Å². The second-order valence-electron chi connectivity index (χ2n) is 11.3. The lowest BCUT2D eigenvalue weighted by atomic mass is 9.97. The van der Waals surface area contributed by atoms with E-state index < -0.39 is 0 Å². The fourth-order valence-corrected chi connectivity index (χ4v) is 6.15. The zero-order valence-electron chi connectivity index (χ0n) is 25.1. The molecule has 6 nitrogen and oxygen atoms in total. The summed E-state index contributed by atoms with van der Waals surface area (Å²) in [5.74, 6) is 1.91. The van der Waals surface area contributed by atoms with Gasteiger partial charge >= 0.3 is 0 Å². The molecule has 0 aliphatic rings. The smallest absolute Gasteiger partial charge is 0.164 e. The number of nitrogens with zero attached hydrogens (tertiary/aromatic N) is 5. The van der Waals surface area contributed by atoms with Crippen molar-refractivity contribution in [3.05, 3.63) is 152 Å². The molecule has 0 saturated carbocycles. The SMILES string of the molecule is c1ccc(-c2nc(-c3ccccc3)nc(-c3ccc(-c4cccc5cc(-c6nccc7oc8ccccc8c67)ncc45)cc3)n2)cc1. The van der Waals surface area contributed by atoms with Gasteiger partial charge in [0.05, 0.1) is 11.1 Å². The molecule has 4 heterocycles. The standard InChI is InChI=1S/C41H25N5O/c1-3-10-27(11-4-1)39-44-40(28-12-5-2-6-13-28)46-41(45-39)29-20-18-26(19-21-29)31-16-9-14-30-24-34(43-25-33(30)31)38-37-32-15-7-8-17-35(32)47-36(37)22-23-42-38/h1-25H. The lowest BCUT2D eigenvalue weighted by Gasteiger charge is -2.11. The van der Waals surface area contributed by atoms with E-state index >= 15 is 0 Å². The van der Waals surface area contributed by atoms with Gasteiger partial charge in [-0.05, 0) is 34.7 Å². The Balaban J connectivity index is 1.10. The average molecular weight is 604 g/mol. The van der Waals surface area contributed by atoms with Gasteiger partial charge in [-0.3, -0.25) is 9.97 Å². The molecule has 6 heteroatoms. The molecule has 0 amide bonds. The van der Waals surface area contributed by atoms with Crippen molar-refractivity contribution in [2.75, 3.05) is 0 Å². The molecule has 0 saturated heterocycles. The summed E-state index contributed by atoms with van der Waals surface area (Å²) >= 11 is 0. The van der Waals surface area contributed by atoms with Gasteiger partial charge in [0.1, 0.15) is 16.9 Å². The number of furan rings is 1. The van der Waals surface area contributed by atoms with E-state index in [4.69, 9.17) is 29.3 Å². The Morgan fingerprint density at radius 2 is 1.06 bits per heavy atom. The second kappa shape index (κ2) is 11.1. The predicted octanol–water partition coefficient (Wildman–Crippen LogP) is 10.0. The van der Waals surface area contributed by atoms with Crippen LogP contribution in [0.3, 0.4) is 0 Å². The molecule has 0 spiro atoms. The highest BCUT2D eigenvalue weighted by Crippen LogP contribution is 2.37. The van der Waals surface area contributed by atoms with Crippen molar-refractivity contribution in [2.45, 2.75) is 0 Å². The van der Waals surface area contributed by atoms with E-state index in [1.54, 1.807) is 6.20 Å². The number of hydrogen-bond donors (Lipinski definition) is 0. The Labute approximate surface area is 270 Å². The van der Waals surface area contributed by atoms with Crippen LogP contribution in [-0.4, -0.2) is 24.9 Å². The van der Waals surface area contributed by atoms with Crippen molar-refractivity contribution in [3.63, 3.8) is 0 Å². The molecule has 0 bridgehead atoms. The van der Waals surface area contributed by atoms with Gasteiger partial charge < -0.3 is 4.42 Å². The summed E-state index contributed by atoms with van der Waals surface area (Å²) in [5, 5.41) is 4.16. The first-order valence-corrected chi connectivity index (χ1v) is 15.4. The molecule has 9 rings (SSSR count). The quantitative estimate of drug-likeness (QED) is 0.195. The number of pyridine rings is 2. The number of rotatable bonds is 5. The van der Waals surface area contributed by atoms with Crippen LogP contribution in [0.15, 0.2) is 156 Å². The molecule has 47 heavy (non-hydrogen) atoms. The van der Waals surface area contributed by atoms with E-state index in [0.29, 0.717) is 17.5 Å². The predicted molar refractivity (Wildman–Crippen MR) is 187 cm³/mol. The van der Waals surface area contributed by atoms with Gasteiger partial charge in [-0.15, -0.1) is 0 Å². The molecule has 0 aliphatic carbocycles. The van der Waals surface area contributed by atoms with Crippen LogP contribution in [0.2, 0.25) is 0 Å². The summed E-state index contributed by atoms with van der Waals surface area (Å²) in [5.41, 5.74) is 8.24. The zero-order chi connectivity index (χ0) is 31.2. The number of fused-ring (bicyclic) bond motifs is 4. The normalized spacial score (nSPS) is 11.4. The fourth-order valence-electron chi connectivity index (χ4n) is 6.15. The van der Waals surface area contributed by atoms with Gasteiger partial charge in [0.2, 0.25) is 0 Å². The van der Waals surface area contributed by atoms with Crippen molar-refractivity contribution in [3.8, 4) is 56.7 Å². The molecule has 0 aliphatic heterocycles. The van der Waals surface area contributed by atoms with Gasteiger partial charge in [-0.2, -0.15) is 0 Å². The van der Waals surface area contributed by atoms with Gasteiger partial charge in [0.15, 0.2) is 17.5 Å². The molecule has 0 unspecified atom stereocenters. The zero-order valence-corrected chi connectivity index (χ0v) is 25.1. The topological polar surface area (TPSA) is 77.6 Å². The Morgan fingerprint density at radius 3 is 1.77 bits per heavy atom. The van der Waals surface area contributed by atoms with Gasteiger partial charge in [0, 0.05) is 39.9 Å². The minimum absolute atomic E-state index is 0.627. The second-order valence-corrected chi connectivity index (χ2v) is 11.3. The van der Waals surface area contributed by atoms with Crippen LogP contribution < -0.4 is 0 Å². The molecular weight excluding hydrogens is 578 g/mol. The first kappa shape index (κ1) is 26.8. The third kappa shape index (κ3) is 4.80. The molecule has 0 N–H and O–H groups in total. The maximum atomic E-state index is 6.10. The van der Waals surface area contributed by atoms with Crippen LogP contribution in [-0.2, 0) is 0 Å². The largest absolute Gasteiger partial charge is 0.456 e. The summed E-state index contributed by atoms with van der Waals surface area (Å²) in [7, 11) is 0. The Hall–Kier alpha value is -6.53. The van der Waals surface area contributed by atoms with E-state index in [1.807, 2.05) is 91.1 Å². The van der Waals surface area contributed by atoms with E-state index in [1.165, 1.54) is 0 Å². The van der Waals surface area contributed by atoms with E-state index in [-0.39, 0.29) is 0 Å². The van der Waals surface area contributed by atoms with Crippen LogP contribution in [0.25, 0.3) is 89.4 Å². The third-order valence-electron chi connectivity index (χ3n) is 8.45. The van der Waals surface area contributed by atoms with Crippen LogP contribution in [0, 0.1) is 0 Å². The summed E-state index contributed by atoms with van der Waals surface area (Å²) < 4.78 is 6.10. The van der Waals surface area contributed by atoms with Crippen molar-refractivity contribution in [1.82, 2.24) is 24.9 Å². The van der Waals surface area contributed by atoms with Crippen molar-refractivity contribution >= 4 is 32.7 Å². The molecule has 4 aromatic heterocycles. The van der Waals surface area contributed by atoms with Crippen molar-refractivity contribution in [1.29, 1.82) is 0 Å². The highest BCUT2D eigenvalue weighted by atomic mass is 16.3. The highest BCUT2D eigenvalue weighted by Gasteiger charge is 2.16. The Kier molecular flexibility index (Phi) is 6.35. The maximum absolute atomic E-state index is 6.10. The minimum Gasteiger partial charge on any atom is -0.456 e. The highest BCUT2D eigenvalue weighted by molar-refractivity contribution is 6.11. The monoisotopic (exact) mass is 603 g/mol. The van der Waals surface area contributed by atoms with Crippen LogP contribution in [0.5, 0.6) is 0 Å². The van der Waals surface area contributed by atoms with Crippen molar-refractivity contribution < 1.29 is 4.42 Å². The van der Waals surface area contributed by atoms with Gasteiger partial charge in [-0.1, -0.05) is 121 Å². The summed E-state index contributed by atoms with van der Waals surface area (Å²) in [4.78, 5) is 24.2. The molecule has 220 valence electrons. The van der Waals surface area contributed by atoms with Crippen LogP contribution in [0.1, 0.15) is 0 Å². The fraction of sp³-hybridized carbons (Fsp3) is 0. The first-order chi connectivity index (χ1) is 23.3. The molecule has 5 aromatic carbocycles. The average Bonchev–Trinajstić information content (AvgIpc) is 3.54. The van der Waals surface area contributed by atoms with E-state index in [2.05, 4.69) is 54.6 Å². The van der Waals surface area contributed by atoms with E-state index in [0.717, 1.165) is 71.9 Å². The summed E-state index contributed by atoms with van der Waals surface area (Å²) in [6.45, 7) is 0. The molecular formula is C41H25N5O. The van der Waals surface area contributed by atoms with Crippen LogP contribution in [0.4, 0.5) is 0 Å². The van der Waals surface area contributed by atoms with Gasteiger partial charge in [-0.25, -0.2) is 15.0 Å². The number of hydrogen-bond acceptors (Lipinski definition) is 6. The number of aromatic nitrogens is 5. The summed E-state index contributed by atoms with van der Waals surface area (Å²) in [6, 6.07) is 46.8. The Bertz CT molecular complexity index is 2500. The summed E-state index contributed by atoms with van der Waals surface area (Å²) in [6.07, 6.45) is 3.73. The third-order valence-corrected chi connectivity index (χ3v) is 8.45. The molecule has 9 aromatic rings. The molecule has 0 fully saturated rings. The minimum atomic E-state index is 0.627. The maximum Gasteiger partial charge on any atom is 0.164 e. The Morgan fingerprint density at radius 1 is 0.447 bits per heavy atom. The first-order valence-electron chi connectivity index (χ1n) is 15.4. The van der Waals surface area contributed by atoms with Crippen molar-refractivity contribution in [2.24, 2.45) is 0 Å². The number of benzene rings is 5. The van der Waals surface area contributed by atoms with E-state index in [9.17, 15) is 0 Å². The van der Waals surface area contributed by atoms with Gasteiger partial charge in [0.25, 0.3) is 0 Å². The lowest BCUT2D eigenvalue weighted by Crippen LogP contribution is -2.00. The lowest BCUT2D eigenvalue weighted by molar-refractivity contribution is 0.668. The molecule has 0 radical (unpaired) electrons. The number of para-hydroxylation sites is 1. The molecule has 0 atom stereocenters.